The molecule has 0 saturated heterocycles. The molecule has 7 nitrogen and oxygen atoms in total. The summed E-state index contributed by atoms with van der Waals surface area (Å²) in [5.74, 6) is -1.64. The minimum absolute atomic E-state index is 0.110. The molecule has 18 heavy (non-hydrogen) atoms. The molecule has 0 heterocycles. The summed E-state index contributed by atoms with van der Waals surface area (Å²) in [6.07, 6.45) is 1.27. The quantitative estimate of drug-likeness (QED) is 0.654. The molecule has 0 aliphatic heterocycles. The van der Waals surface area contributed by atoms with Gasteiger partial charge in [0.05, 0.1) is 12.8 Å². The van der Waals surface area contributed by atoms with Crippen LogP contribution in [0.15, 0.2) is 0 Å². The van der Waals surface area contributed by atoms with Crippen LogP contribution in [0.3, 0.4) is 0 Å². The fourth-order valence-electron chi connectivity index (χ4n) is 1.25. The first-order valence-electron chi connectivity index (χ1n) is 5.47. The molecule has 1 atom stereocenters. The number of carbonyl (C=O) groups is 2. The third kappa shape index (κ3) is 6.55. The first-order valence-corrected chi connectivity index (χ1v) is 7.32. The average Bonchev–Trinajstić information content (AvgIpc) is 2.13. The SMILES string of the molecule is CC(C)CC(NC(=O)CN(C)S(C)(=O)=O)C(=O)O. The predicted octanol–water partition coefficient (Wildman–Crippen LogP) is -0.507. The molecule has 0 aromatic heterocycles. The molecule has 0 radical (unpaired) electrons. The van der Waals surface area contributed by atoms with Crippen LogP contribution in [0, 0.1) is 5.92 Å². The van der Waals surface area contributed by atoms with Crippen LogP contribution in [-0.2, 0) is 19.6 Å². The van der Waals surface area contributed by atoms with Gasteiger partial charge in [-0.3, -0.25) is 4.79 Å². The summed E-state index contributed by atoms with van der Waals surface area (Å²) in [6, 6.07) is -0.995. The monoisotopic (exact) mass is 280 g/mol. The van der Waals surface area contributed by atoms with Gasteiger partial charge in [-0.2, -0.15) is 4.31 Å². The Morgan fingerprint density at radius 3 is 2.17 bits per heavy atom. The fourth-order valence-corrected chi connectivity index (χ4v) is 1.60. The second-order valence-electron chi connectivity index (χ2n) is 4.61. The van der Waals surface area contributed by atoms with Crippen LogP contribution in [0.1, 0.15) is 20.3 Å². The number of hydrogen-bond acceptors (Lipinski definition) is 4. The van der Waals surface area contributed by atoms with Crippen molar-refractivity contribution in [3.05, 3.63) is 0 Å². The summed E-state index contributed by atoms with van der Waals surface area (Å²) in [7, 11) is -2.19. The number of sulfonamides is 1. The number of nitrogens with one attached hydrogen (secondary N) is 1. The molecule has 0 spiro atoms. The van der Waals surface area contributed by atoms with Gasteiger partial charge < -0.3 is 10.4 Å². The molecule has 0 rings (SSSR count). The maximum absolute atomic E-state index is 11.5. The summed E-state index contributed by atoms with van der Waals surface area (Å²) in [4.78, 5) is 22.4. The third-order valence-corrected chi connectivity index (χ3v) is 3.53. The van der Waals surface area contributed by atoms with Crippen molar-refractivity contribution in [2.75, 3.05) is 19.8 Å². The highest BCUT2D eigenvalue weighted by Crippen LogP contribution is 2.05. The van der Waals surface area contributed by atoms with E-state index in [2.05, 4.69) is 5.32 Å². The fraction of sp³-hybridized carbons (Fsp3) is 0.800. The Bertz CT molecular complexity index is 404. The highest BCUT2D eigenvalue weighted by atomic mass is 32.2. The van der Waals surface area contributed by atoms with E-state index in [9.17, 15) is 18.0 Å². The lowest BCUT2D eigenvalue weighted by Crippen LogP contribution is -2.46. The largest absolute Gasteiger partial charge is 0.480 e. The van der Waals surface area contributed by atoms with Gasteiger partial charge in [-0.25, -0.2) is 13.2 Å². The molecule has 1 unspecified atom stereocenters. The standard InChI is InChI=1S/C10H20N2O5S/c1-7(2)5-8(10(14)15)11-9(13)6-12(3)18(4,16)17/h7-8H,5-6H2,1-4H3,(H,11,13)(H,14,15). The van der Waals surface area contributed by atoms with Crippen LogP contribution in [0.4, 0.5) is 0 Å². The molecule has 8 heteroatoms. The number of rotatable bonds is 7. The number of amides is 1. The minimum Gasteiger partial charge on any atom is -0.480 e. The first kappa shape index (κ1) is 16.9. The van der Waals surface area contributed by atoms with E-state index in [4.69, 9.17) is 5.11 Å². The van der Waals surface area contributed by atoms with Gasteiger partial charge in [0.1, 0.15) is 6.04 Å². The molecule has 2 N–H and O–H groups in total. The minimum atomic E-state index is -3.45. The lowest BCUT2D eigenvalue weighted by Gasteiger charge is -2.18. The Labute approximate surface area is 107 Å². The smallest absolute Gasteiger partial charge is 0.326 e. The lowest BCUT2D eigenvalue weighted by molar-refractivity contribution is -0.142. The zero-order chi connectivity index (χ0) is 14.5. The summed E-state index contributed by atoms with van der Waals surface area (Å²) < 4.78 is 23.0. The Balaban J connectivity index is 4.49. The molecule has 0 fully saturated rings. The molecule has 0 aromatic carbocycles. The normalized spacial score (nSPS) is 13.7. The summed E-state index contributed by atoms with van der Waals surface area (Å²) in [5.41, 5.74) is 0. The number of likely N-dealkylation sites (N-methyl/N-ethyl adjacent to an activating group) is 1. The van der Waals surface area contributed by atoms with Gasteiger partial charge in [-0.15, -0.1) is 0 Å². The van der Waals surface area contributed by atoms with E-state index in [1.807, 2.05) is 13.8 Å². The van der Waals surface area contributed by atoms with Gasteiger partial charge in [0.25, 0.3) is 0 Å². The summed E-state index contributed by atoms with van der Waals surface area (Å²) >= 11 is 0. The van der Waals surface area contributed by atoms with E-state index >= 15 is 0 Å². The van der Waals surface area contributed by atoms with Crippen molar-refractivity contribution in [1.29, 1.82) is 0 Å². The molecule has 0 saturated carbocycles. The molecule has 1 amide bonds. The summed E-state index contributed by atoms with van der Waals surface area (Å²) in [6.45, 7) is 3.29. The summed E-state index contributed by atoms with van der Waals surface area (Å²) in [5, 5.41) is 11.2. The number of aliphatic carboxylic acids is 1. The second kappa shape index (κ2) is 6.69. The van der Waals surface area contributed by atoms with E-state index in [1.165, 1.54) is 7.05 Å². The van der Waals surface area contributed by atoms with Crippen molar-refractivity contribution in [3.63, 3.8) is 0 Å². The highest BCUT2D eigenvalue weighted by molar-refractivity contribution is 7.88. The predicted molar refractivity (Wildman–Crippen MR) is 66.5 cm³/mol. The number of carboxylic acid groups (broad SMARTS) is 1. The van der Waals surface area contributed by atoms with E-state index in [-0.39, 0.29) is 12.5 Å². The van der Waals surface area contributed by atoms with Crippen molar-refractivity contribution in [2.45, 2.75) is 26.3 Å². The molecule has 0 aliphatic carbocycles. The van der Waals surface area contributed by atoms with Crippen LogP contribution in [0.25, 0.3) is 0 Å². The Kier molecular flexibility index (Phi) is 6.27. The van der Waals surface area contributed by atoms with Gasteiger partial charge in [0.15, 0.2) is 0 Å². The highest BCUT2D eigenvalue weighted by Gasteiger charge is 2.23. The van der Waals surface area contributed by atoms with Crippen molar-refractivity contribution >= 4 is 21.9 Å². The van der Waals surface area contributed by atoms with Crippen molar-refractivity contribution in [2.24, 2.45) is 5.92 Å². The molecule has 0 bridgehead atoms. The average molecular weight is 280 g/mol. The van der Waals surface area contributed by atoms with Crippen LogP contribution in [0.2, 0.25) is 0 Å². The van der Waals surface area contributed by atoms with Gasteiger partial charge in [0.2, 0.25) is 15.9 Å². The zero-order valence-electron chi connectivity index (χ0n) is 11.0. The number of nitrogens with zero attached hydrogens (tertiary/aromatic N) is 1. The first-order chi connectivity index (χ1) is 8.04. The van der Waals surface area contributed by atoms with Crippen LogP contribution in [-0.4, -0.2) is 55.6 Å². The van der Waals surface area contributed by atoms with Crippen LogP contribution >= 0.6 is 0 Å². The van der Waals surface area contributed by atoms with E-state index < -0.39 is 27.9 Å². The molecule has 0 aromatic rings. The molecular formula is C10H20N2O5S. The van der Waals surface area contributed by atoms with Crippen LogP contribution < -0.4 is 5.32 Å². The Hall–Kier alpha value is -1.15. The van der Waals surface area contributed by atoms with Crippen molar-refractivity contribution in [1.82, 2.24) is 9.62 Å². The third-order valence-electron chi connectivity index (χ3n) is 2.27. The number of carbonyl (C=O) groups excluding carboxylic acids is 1. The van der Waals surface area contributed by atoms with E-state index in [1.54, 1.807) is 0 Å². The molecule has 106 valence electrons. The van der Waals surface area contributed by atoms with E-state index in [0.717, 1.165) is 10.6 Å². The zero-order valence-corrected chi connectivity index (χ0v) is 11.8. The van der Waals surface area contributed by atoms with Crippen molar-refractivity contribution in [3.8, 4) is 0 Å². The van der Waals surface area contributed by atoms with Gasteiger partial charge >= 0.3 is 5.97 Å². The Morgan fingerprint density at radius 1 is 1.33 bits per heavy atom. The maximum Gasteiger partial charge on any atom is 0.326 e. The van der Waals surface area contributed by atoms with E-state index in [0.29, 0.717) is 6.42 Å². The maximum atomic E-state index is 11.5. The van der Waals surface area contributed by atoms with Gasteiger partial charge in [-0.05, 0) is 12.3 Å². The molecular weight excluding hydrogens is 260 g/mol. The second-order valence-corrected chi connectivity index (χ2v) is 6.70. The number of hydrogen-bond donors (Lipinski definition) is 2. The number of carboxylic acids is 1. The molecule has 0 aliphatic rings. The topological polar surface area (TPSA) is 104 Å². The van der Waals surface area contributed by atoms with Gasteiger partial charge in [0, 0.05) is 7.05 Å². The van der Waals surface area contributed by atoms with Crippen LogP contribution in [0.5, 0.6) is 0 Å². The Morgan fingerprint density at radius 2 is 1.83 bits per heavy atom. The lowest BCUT2D eigenvalue weighted by atomic mass is 10.0. The van der Waals surface area contributed by atoms with Crippen molar-refractivity contribution < 1.29 is 23.1 Å². The van der Waals surface area contributed by atoms with Gasteiger partial charge in [-0.1, -0.05) is 13.8 Å².